The maximum absolute atomic E-state index is 11.7. The van der Waals surface area contributed by atoms with Crippen molar-refractivity contribution < 1.29 is 10.0 Å². The van der Waals surface area contributed by atoms with Crippen LogP contribution in [0.3, 0.4) is 0 Å². The molecule has 1 saturated carbocycles. The summed E-state index contributed by atoms with van der Waals surface area (Å²) in [6.45, 7) is -0.263. The van der Waals surface area contributed by atoms with Gasteiger partial charge in [-0.15, -0.1) is 5.10 Å². The van der Waals surface area contributed by atoms with Crippen molar-refractivity contribution in [1.29, 1.82) is 0 Å². The molecule has 0 aliphatic heterocycles. The van der Waals surface area contributed by atoms with Crippen molar-refractivity contribution in [3.05, 3.63) is 44.4 Å². The first-order chi connectivity index (χ1) is 10.1. The Morgan fingerprint density at radius 1 is 1.52 bits per heavy atom. The van der Waals surface area contributed by atoms with E-state index in [1.165, 1.54) is 10.6 Å². The normalized spacial score (nSPS) is 14.3. The number of rotatable bonds is 5. The summed E-state index contributed by atoms with van der Waals surface area (Å²) in [5.74, 6) is 0. The van der Waals surface area contributed by atoms with E-state index in [1.54, 1.807) is 12.1 Å². The first-order valence-electron chi connectivity index (χ1n) is 6.33. The van der Waals surface area contributed by atoms with E-state index in [4.69, 9.17) is 5.11 Å². The highest BCUT2D eigenvalue weighted by atomic mass is 32.2. The van der Waals surface area contributed by atoms with Crippen molar-refractivity contribution in [2.24, 2.45) is 0 Å². The van der Waals surface area contributed by atoms with Crippen LogP contribution in [-0.2, 0) is 6.61 Å². The van der Waals surface area contributed by atoms with E-state index in [0.717, 1.165) is 24.6 Å². The van der Waals surface area contributed by atoms with Gasteiger partial charge in [-0.3, -0.25) is 14.7 Å². The fourth-order valence-corrected chi connectivity index (χ4v) is 3.00. The van der Waals surface area contributed by atoms with Gasteiger partial charge in [-0.1, -0.05) is 6.07 Å². The molecule has 0 atom stereocenters. The fourth-order valence-electron chi connectivity index (χ4n) is 2.01. The van der Waals surface area contributed by atoms with Crippen molar-refractivity contribution in [3.8, 4) is 0 Å². The summed E-state index contributed by atoms with van der Waals surface area (Å²) in [5, 5.41) is 26.9. The Hall–Kier alpha value is -2.13. The summed E-state index contributed by atoms with van der Waals surface area (Å²) in [7, 11) is 0. The standard InChI is InChI=1S/C12H12N4O4S/c17-6-7-1-4-10(9(5-7)16(19)20)21-12-14-13-11(18)15(12)8-2-3-8/h1,4-5,8,17H,2-3,6H2,(H,13,18). The highest BCUT2D eigenvalue weighted by Gasteiger charge is 2.29. The molecular formula is C12H12N4O4S. The number of nitrogens with zero attached hydrogens (tertiary/aromatic N) is 3. The van der Waals surface area contributed by atoms with E-state index in [9.17, 15) is 14.9 Å². The topological polar surface area (TPSA) is 114 Å². The molecule has 8 nitrogen and oxygen atoms in total. The van der Waals surface area contributed by atoms with Crippen LogP contribution < -0.4 is 5.69 Å². The Morgan fingerprint density at radius 3 is 2.90 bits per heavy atom. The van der Waals surface area contributed by atoms with Crippen molar-refractivity contribution in [2.45, 2.75) is 35.5 Å². The van der Waals surface area contributed by atoms with E-state index in [-0.39, 0.29) is 24.0 Å². The number of aromatic amines is 1. The van der Waals surface area contributed by atoms with Gasteiger partial charge >= 0.3 is 5.69 Å². The van der Waals surface area contributed by atoms with Gasteiger partial charge in [-0.2, -0.15) is 0 Å². The average Bonchev–Trinajstić information content (AvgIpc) is 3.24. The molecule has 2 aromatic rings. The van der Waals surface area contributed by atoms with E-state index >= 15 is 0 Å². The highest BCUT2D eigenvalue weighted by molar-refractivity contribution is 7.99. The number of aromatic nitrogens is 3. The first kappa shape index (κ1) is 13.8. The van der Waals surface area contributed by atoms with Crippen LogP contribution in [0.25, 0.3) is 0 Å². The molecule has 0 bridgehead atoms. The number of nitrogens with one attached hydrogen (secondary N) is 1. The van der Waals surface area contributed by atoms with Gasteiger partial charge in [-0.05, 0) is 36.2 Å². The van der Waals surface area contributed by atoms with E-state index in [0.29, 0.717) is 15.6 Å². The summed E-state index contributed by atoms with van der Waals surface area (Å²) < 4.78 is 1.54. The van der Waals surface area contributed by atoms with Gasteiger partial charge in [0.25, 0.3) is 5.69 Å². The monoisotopic (exact) mass is 308 g/mol. The zero-order chi connectivity index (χ0) is 15.0. The molecule has 1 heterocycles. The lowest BCUT2D eigenvalue weighted by atomic mass is 10.2. The quantitative estimate of drug-likeness (QED) is 0.638. The molecule has 0 unspecified atom stereocenters. The fraction of sp³-hybridized carbons (Fsp3) is 0.333. The Bertz CT molecular complexity index is 750. The number of hydrogen-bond donors (Lipinski definition) is 2. The Morgan fingerprint density at radius 2 is 2.29 bits per heavy atom. The van der Waals surface area contributed by atoms with Crippen LogP contribution in [0.5, 0.6) is 0 Å². The average molecular weight is 308 g/mol. The maximum Gasteiger partial charge on any atom is 0.344 e. The minimum atomic E-state index is -0.506. The van der Waals surface area contributed by atoms with Crippen molar-refractivity contribution in [1.82, 2.24) is 14.8 Å². The molecule has 1 aliphatic carbocycles. The number of aliphatic hydroxyl groups is 1. The van der Waals surface area contributed by atoms with Crippen LogP contribution in [0.4, 0.5) is 5.69 Å². The smallest absolute Gasteiger partial charge is 0.344 e. The molecule has 1 aromatic heterocycles. The van der Waals surface area contributed by atoms with Crippen molar-refractivity contribution in [2.75, 3.05) is 0 Å². The molecule has 2 N–H and O–H groups in total. The summed E-state index contributed by atoms with van der Waals surface area (Å²) >= 11 is 1.07. The summed E-state index contributed by atoms with van der Waals surface area (Å²) in [4.78, 5) is 22.7. The summed E-state index contributed by atoms with van der Waals surface area (Å²) in [6, 6.07) is 4.63. The van der Waals surface area contributed by atoms with Crippen molar-refractivity contribution in [3.63, 3.8) is 0 Å². The maximum atomic E-state index is 11.7. The molecule has 1 fully saturated rings. The third kappa shape index (κ3) is 2.69. The molecule has 9 heteroatoms. The zero-order valence-corrected chi connectivity index (χ0v) is 11.7. The number of H-pyrrole nitrogens is 1. The third-order valence-corrected chi connectivity index (χ3v) is 4.22. The van der Waals surface area contributed by atoms with E-state index < -0.39 is 4.92 Å². The van der Waals surface area contributed by atoms with Gasteiger partial charge in [0, 0.05) is 12.1 Å². The SMILES string of the molecule is O=c1[nH]nc(Sc2ccc(CO)cc2[N+](=O)[O-])n1C1CC1. The van der Waals surface area contributed by atoms with Crippen LogP contribution in [0, 0.1) is 10.1 Å². The number of aliphatic hydroxyl groups excluding tert-OH is 1. The van der Waals surface area contributed by atoms with Gasteiger partial charge < -0.3 is 5.11 Å². The van der Waals surface area contributed by atoms with Crippen LogP contribution in [0.2, 0.25) is 0 Å². The molecular weight excluding hydrogens is 296 g/mol. The lowest BCUT2D eigenvalue weighted by molar-refractivity contribution is -0.387. The molecule has 3 rings (SSSR count). The Kier molecular flexibility index (Phi) is 3.52. The van der Waals surface area contributed by atoms with Crippen LogP contribution in [0.15, 0.2) is 33.0 Å². The highest BCUT2D eigenvalue weighted by Crippen LogP contribution is 2.39. The molecule has 21 heavy (non-hydrogen) atoms. The molecule has 0 spiro atoms. The van der Waals surface area contributed by atoms with Gasteiger partial charge in [0.1, 0.15) is 0 Å². The lowest BCUT2D eigenvalue weighted by Gasteiger charge is -2.05. The first-order valence-corrected chi connectivity index (χ1v) is 7.14. The number of hydrogen-bond acceptors (Lipinski definition) is 6. The van der Waals surface area contributed by atoms with Crippen LogP contribution in [0.1, 0.15) is 24.4 Å². The number of nitro groups is 1. The largest absolute Gasteiger partial charge is 0.392 e. The Balaban J connectivity index is 1.98. The molecule has 0 amide bonds. The van der Waals surface area contributed by atoms with Gasteiger partial charge in [-0.25, -0.2) is 9.89 Å². The minimum absolute atomic E-state index is 0.107. The van der Waals surface area contributed by atoms with Crippen LogP contribution >= 0.6 is 11.8 Å². The summed E-state index contributed by atoms with van der Waals surface area (Å²) in [5.41, 5.74) is 0.0617. The molecule has 0 radical (unpaired) electrons. The number of benzene rings is 1. The summed E-state index contributed by atoms with van der Waals surface area (Å²) in [6.07, 6.45) is 1.83. The predicted octanol–water partition coefficient (Wildman–Crippen LogP) is 1.46. The van der Waals surface area contributed by atoms with Gasteiger partial charge in [0.05, 0.1) is 16.4 Å². The lowest BCUT2D eigenvalue weighted by Crippen LogP contribution is -2.16. The van der Waals surface area contributed by atoms with Gasteiger partial charge in [0.2, 0.25) is 0 Å². The molecule has 0 saturated heterocycles. The Labute approximate surface area is 123 Å². The predicted molar refractivity (Wildman–Crippen MR) is 74.3 cm³/mol. The van der Waals surface area contributed by atoms with Crippen molar-refractivity contribution >= 4 is 17.4 Å². The van der Waals surface area contributed by atoms with E-state index in [1.807, 2.05) is 0 Å². The zero-order valence-electron chi connectivity index (χ0n) is 10.9. The molecule has 1 aromatic carbocycles. The molecule has 1 aliphatic rings. The third-order valence-electron chi connectivity index (χ3n) is 3.19. The van der Waals surface area contributed by atoms with Crippen LogP contribution in [-0.4, -0.2) is 24.8 Å². The number of nitro benzene ring substituents is 1. The second-order valence-electron chi connectivity index (χ2n) is 4.73. The van der Waals surface area contributed by atoms with E-state index in [2.05, 4.69) is 10.2 Å². The van der Waals surface area contributed by atoms with Gasteiger partial charge in [0.15, 0.2) is 5.16 Å². The second-order valence-corrected chi connectivity index (χ2v) is 5.74. The molecule has 110 valence electrons. The second kappa shape index (κ2) is 5.34. The minimum Gasteiger partial charge on any atom is -0.392 e.